The Morgan fingerprint density at radius 2 is 2.19 bits per heavy atom. The van der Waals surface area contributed by atoms with Crippen LogP contribution in [-0.2, 0) is 0 Å². The third kappa shape index (κ3) is 1.48. The Bertz CT molecular complexity index is 516. The Morgan fingerprint density at radius 3 is 2.81 bits per heavy atom. The normalized spacial score (nSPS) is 16.4. The minimum atomic E-state index is 0.386. The van der Waals surface area contributed by atoms with E-state index in [1.54, 1.807) is 7.11 Å². The molecule has 1 aliphatic heterocycles. The second-order valence-corrected chi connectivity index (χ2v) is 3.56. The topological polar surface area (TPSA) is 54.2 Å². The van der Waals surface area contributed by atoms with Crippen molar-refractivity contribution < 1.29 is 9.94 Å². The summed E-state index contributed by atoms with van der Waals surface area (Å²) in [7, 11) is 1.62. The van der Waals surface area contributed by atoms with Crippen LogP contribution in [0, 0.1) is 6.92 Å². The third-order valence-electron chi connectivity index (χ3n) is 2.58. The smallest absolute Gasteiger partial charge is 0.128 e. The van der Waals surface area contributed by atoms with Crippen molar-refractivity contribution in [3.8, 4) is 5.75 Å². The molecule has 4 nitrogen and oxygen atoms in total. The van der Waals surface area contributed by atoms with Gasteiger partial charge in [0.1, 0.15) is 11.5 Å². The van der Waals surface area contributed by atoms with Crippen LogP contribution in [-0.4, -0.2) is 24.2 Å². The Labute approximate surface area is 93.6 Å². The molecule has 0 radical (unpaired) electrons. The number of aryl methyl sites for hydroxylation is 1. The third-order valence-corrected chi connectivity index (χ3v) is 2.58. The summed E-state index contributed by atoms with van der Waals surface area (Å²) < 4.78 is 5.22. The van der Waals surface area contributed by atoms with Crippen LogP contribution in [0.1, 0.15) is 11.1 Å². The van der Waals surface area contributed by atoms with Crippen LogP contribution >= 0.6 is 0 Å². The molecule has 2 rings (SSSR count). The van der Waals surface area contributed by atoms with Gasteiger partial charge in [0.05, 0.1) is 19.0 Å². The standard InChI is InChI=1S/C12H12N2O2/c1-7-4-9-8(2)11(14-15)6-13-10(9)5-12(7)16-3/h4-6,15H,2H2,1,3H3. The summed E-state index contributed by atoms with van der Waals surface area (Å²) in [4.78, 5) is 4.19. The molecule has 4 heteroatoms. The molecule has 0 saturated carbocycles. The van der Waals surface area contributed by atoms with Crippen molar-refractivity contribution in [1.29, 1.82) is 0 Å². The number of methoxy groups -OCH3 is 1. The molecule has 16 heavy (non-hydrogen) atoms. The number of nitrogens with zero attached hydrogens (tertiary/aromatic N) is 2. The van der Waals surface area contributed by atoms with E-state index in [2.05, 4.69) is 16.7 Å². The number of allylic oxidation sites excluding steroid dienone is 1. The van der Waals surface area contributed by atoms with Crippen LogP contribution in [0.5, 0.6) is 5.75 Å². The lowest BCUT2D eigenvalue weighted by molar-refractivity contribution is 0.321. The van der Waals surface area contributed by atoms with Crippen molar-refractivity contribution in [2.45, 2.75) is 6.92 Å². The van der Waals surface area contributed by atoms with E-state index in [0.29, 0.717) is 11.3 Å². The number of aliphatic imine (C=N–C) groups is 1. The van der Waals surface area contributed by atoms with Gasteiger partial charge in [-0.25, -0.2) is 0 Å². The minimum Gasteiger partial charge on any atom is -0.496 e. The van der Waals surface area contributed by atoms with Crippen molar-refractivity contribution in [2.75, 3.05) is 7.11 Å². The first-order valence-electron chi connectivity index (χ1n) is 4.81. The first-order chi connectivity index (χ1) is 7.67. The first-order valence-corrected chi connectivity index (χ1v) is 4.81. The highest BCUT2D eigenvalue weighted by molar-refractivity contribution is 6.51. The maximum Gasteiger partial charge on any atom is 0.128 e. The van der Waals surface area contributed by atoms with Gasteiger partial charge in [0.15, 0.2) is 0 Å². The predicted octanol–water partition coefficient (Wildman–Crippen LogP) is 2.56. The number of ether oxygens (including phenoxy) is 1. The van der Waals surface area contributed by atoms with Crippen molar-refractivity contribution in [1.82, 2.24) is 0 Å². The van der Waals surface area contributed by atoms with Crippen molar-refractivity contribution in [3.05, 3.63) is 29.8 Å². The fraction of sp³-hybridized carbons (Fsp3) is 0.167. The Kier molecular flexibility index (Phi) is 2.48. The summed E-state index contributed by atoms with van der Waals surface area (Å²) in [5.74, 6) is 0.785. The van der Waals surface area contributed by atoms with E-state index in [1.165, 1.54) is 6.21 Å². The van der Waals surface area contributed by atoms with Crippen molar-refractivity contribution >= 4 is 23.2 Å². The van der Waals surface area contributed by atoms with Gasteiger partial charge in [-0.2, -0.15) is 0 Å². The second kappa shape index (κ2) is 3.81. The van der Waals surface area contributed by atoms with E-state index in [4.69, 9.17) is 9.94 Å². The van der Waals surface area contributed by atoms with E-state index in [1.807, 2.05) is 19.1 Å². The molecular formula is C12H12N2O2. The van der Waals surface area contributed by atoms with E-state index >= 15 is 0 Å². The van der Waals surface area contributed by atoms with Gasteiger partial charge in [-0.3, -0.25) is 4.99 Å². The first kappa shape index (κ1) is 10.4. The molecule has 0 atom stereocenters. The second-order valence-electron chi connectivity index (χ2n) is 3.56. The number of hydrogen-bond acceptors (Lipinski definition) is 4. The van der Waals surface area contributed by atoms with Crippen molar-refractivity contribution in [2.24, 2.45) is 10.1 Å². The molecule has 0 amide bonds. The van der Waals surface area contributed by atoms with Crippen LogP contribution in [0.3, 0.4) is 0 Å². The molecule has 0 aliphatic carbocycles. The molecule has 0 aromatic heterocycles. The fourth-order valence-corrected chi connectivity index (χ4v) is 1.68. The molecule has 1 heterocycles. The van der Waals surface area contributed by atoms with E-state index in [-0.39, 0.29) is 0 Å². The quantitative estimate of drug-likeness (QED) is 0.579. The molecule has 1 aromatic rings. The van der Waals surface area contributed by atoms with Gasteiger partial charge in [-0.05, 0) is 18.6 Å². The lowest BCUT2D eigenvalue weighted by Crippen LogP contribution is -2.08. The largest absolute Gasteiger partial charge is 0.496 e. The minimum absolute atomic E-state index is 0.386. The molecule has 82 valence electrons. The zero-order chi connectivity index (χ0) is 11.7. The average Bonchev–Trinajstić information content (AvgIpc) is 2.30. The van der Waals surface area contributed by atoms with Gasteiger partial charge in [-0.1, -0.05) is 11.7 Å². The zero-order valence-electron chi connectivity index (χ0n) is 9.19. The highest BCUT2D eigenvalue weighted by Crippen LogP contribution is 2.35. The highest BCUT2D eigenvalue weighted by atomic mass is 16.5. The van der Waals surface area contributed by atoms with Gasteiger partial charge < -0.3 is 9.94 Å². The molecular weight excluding hydrogens is 204 g/mol. The number of oxime groups is 1. The Morgan fingerprint density at radius 1 is 1.44 bits per heavy atom. The number of benzene rings is 1. The van der Waals surface area contributed by atoms with Crippen molar-refractivity contribution in [3.63, 3.8) is 0 Å². The fourth-order valence-electron chi connectivity index (χ4n) is 1.68. The summed E-state index contributed by atoms with van der Waals surface area (Å²) in [6.45, 7) is 5.83. The number of hydrogen-bond donors (Lipinski definition) is 1. The van der Waals surface area contributed by atoms with Crippen LogP contribution < -0.4 is 4.74 Å². The van der Waals surface area contributed by atoms with Gasteiger partial charge >= 0.3 is 0 Å². The summed E-state index contributed by atoms with van der Waals surface area (Å²) in [5, 5.41) is 11.9. The number of fused-ring (bicyclic) bond motifs is 1. The van der Waals surface area contributed by atoms with E-state index in [9.17, 15) is 0 Å². The maximum absolute atomic E-state index is 8.77. The molecule has 0 unspecified atom stereocenters. The van der Waals surface area contributed by atoms with Gasteiger partial charge in [0, 0.05) is 17.2 Å². The lowest BCUT2D eigenvalue weighted by Gasteiger charge is -2.15. The van der Waals surface area contributed by atoms with Crippen LogP contribution in [0.2, 0.25) is 0 Å². The monoisotopic (exact) mass is 216 g/mol. The van der Waals surface area contributed by atoms with Gasteiger partial charge in [0.2, 0.25) is 0 Å². The van der Waals surface area contributed by atoms with E-state index in [0.717, 1.165) is 22.6 Å². The summed E-state index contributed by atoms with van der Waals surface area (Å²) in [6.07, 6.45) is 1.49. The average molecular weight is 216 g/mol. The molecule has 0 saturated heterocycles. The molecule has 0 fully saturated rings. The summed E-state index contributed by atoms with van der Waals surface area (Å²) in [5.41, 5.74) is 3.69. The van der Waals surface area contributed by atoms with Crippen LogP contribution in [0.15, 0.2) is 28.9 Å². The summed E-state index contributed by atoms with van der Waals surface area (Å²) >= 11 is 0. The van der Waals surface area contributed by atoms with Gasteiger partial charge in [0.25, 0.3) is 0 Å². The zero-order valence-corrected chi connectivity index (χ0v) is 9.19. The lowest BCUT2D eigenvalue weighted by atomic mass is 9.97. The van der Waals surface area contributed by atoms with Crippen LogP contribution in [0.4, 0.5) is 5.69 Å². The molecule has 1 N–H and O–H groups in total. The predicted molar refractivity (Wildman–Crippen MR) is 64.1 cm³/mol. The Hall–Kier alpha value is -2.10. The molecule has 0 spiro atoms. The van der Waals surface area contributed by atoms with E-state index < -0.39 is 0 Å². The van der Waals surface area contributed by atoms with Gasteiger partial charge in [-0.15, -0.1) is 0 Å². The number of rotatable bonds is 1. The maximum atomic E-state index is 8.77. The SMILES string of the molecule is C=C1C(=NO)C=Nc2cc(OC)c(C)cc21. The highest BCUT2D eigenvalue weighted by Gasteiger charge is 2.17. The molecule has 1 aliphatic rings. The summed E-state index contributed by atoms with van der Waals surface area (Å²) in [6, 6.07) is 3.78. The Balaban J connectivity index is 2.61. The molecule has 1 aromatic carbocycles. The molecule has 0 bridgehead atoms. The van der Waals surface area contributed by atoms with Crippen LogP contribution in [0.25, 0.3) is 5.57 Å².